The number of carbonyl (C=O) groups is 2. The molecule has 0 amide bonds. The van der Waals surface area contributed by atoms with E-state index in [1.807, 2.05) is 0 Å². The van der Waals surface area contributed by atoms with E-state index < -0.39 is 11.9 Å². The lowest BCUT2D eigenvalue weighted by molar-refractivity contribution is -0.167. The molecule has 0 N–H and O–H groups in total. The number of ether oxygens (including phenoxy) is 2. The Balaban J connectivity index is 3.89. The summed E-state index contributed by atoms with van der Waals surface area (Å²) in [5.74, 6) is -0.733. The highest BCUT2D eigenvalue weighted by Gasteiger charge is 2.22. The molecule has 2 unspecified atom stereocenters. The lowest BCUT2D eigenvalue weighted by Crippen LogP contribution is -2.22. The van der Waals surface area contributed by atoms with Crippen molar-refractivity contribution < 1.29 is 19.1 Å². The van der Waals surface area contributed by atoms with Crippen LogP contribution in [-0.2, 0) is 19.1 Å². The second kappa shape index (κ2) is 8.18. The summed E-state index contributed by atoms with van der Waals surface area (Å²) in [7, 11) is 0. The zero-order chi connectivity index (χ0) is 15.1. The van der Waals surface area contributed by atoms with Crippen LogP contribution in [0.2, 0.25) is 0 Å². The lowest BCUT2D eigenvalue weighted by atomic mass is 9.77. The lowest BCUT2D eigenvalue weighted by Gasteiger charge is -2.29. The first-order valence-electron chi connectivity index (χ1n) is 7.02. The van der Waals surface area contributed by atoms with Crippen LogP contribution in [0.3, 0.4) is 0 Å². The van der Waals surface area contributed by atoms with E-state index in [4.69, 9.17) is 4.74 Å². The van der Waals surface area contributed by atoms with Gasteiger partial charge in [-0.25, -0.2) is 9.59 Å². The largest absolute Gasteiger partial charge is 0.458 e. The molecular formula is C15H28O4. The monoisotopic (exact) mass is 272 g/mol. The van der Waals surface area contributed by atoms with Crippen molar-refractivity contribution in [1.82, 2.24) is 0 Å². The molecule has 0 fully saturated rings. The van der Waals surface area contributed by atoms with Crippen LogP contribution in [0.4, 0.5) is 0 Å². The third-order valence-electron chi connectivity index (χ3n) is 3.52. The summed E-state index contributed by atoms with van der Waals surface area (Å²) in [5, 5.41) is 0. The average Bonchev–Trinajstić information content (AvgIpc) is 2.27. The zero-order valence-electron chi connectivity index (χ0n) is 13.1. The summed E-state index contributed by atoms with van der Waals surface area (Å²) < 4.78 is 9.44. The maximum atomic E-state index is 11.2. The fourth-order valence-electron chi connectivity index (χ4n) is 1.68. The molecule has 4 nitrogen and oxygen atoms in total. The summed E-state index contributed by atoms with van der Waals surface area (Å²) in [6.45, 7) is 13.2. The van der Waals surface area contributed by atoms with Crippen LogP contribution < -0.4 is 0 Å². The van der Waals surface area contributed by atoms with E-state index >= 15 is 0 Å². The minimum Gasteiger partial charge on any atom is -0.458 e. The third-order valence-corrected chi connectivity index (χ3v) is 3.52. The first-order chi connectivity index (χ1) is 8.68. The van der Waals surface area contributed by atoms with Crippen LogP contribution in [0.1, 0.15) is 54.4 Å². The fraction of sp³-hybridized carbons (Fsp3) is 0.867. The van der Waals surface area contributed by atoms with Crippen LogP contribution in [-0.4, -0.2) is 25.2 Å². The SMILES string of the molecule is CCOC(=O)C(=O)OCCC(C)CC(C)C(C)(C)C. The van der Waals surface area contributed by atoms with Crippen molar-refractivity contribution in [3.63, 3.8) is 0 Å². The second-order valence-electron chi connectivity index (χ2n) is 6.25. The van der Waals surface area contributed by atoms with Gasteiger partial charge in [-0.05, 0) is 37.0 Å². The highest BCUT2D eigenvalue weighted by molar-refractivity contribution is 6.29. The standard InChI is InChI=1S/C15H28O4/c1-7-18-13(16)14(17)19-9-8-11(2)10-12(3)15(4,5)6/h11-12H,7-10H2,1-6H3. The van der Waals surface area contributed by atoms with Crippen molar-refractivity contribution in [3.8, 4) is 0 Å². The molecule has 0 aromatic heterocycles. The van der Waals surface area contributed by atoms with Gasteiger partial charge in [0, 0.05) is 0 Å². The molecule has 2 atom stereocenters. The second-order valence-corrected chi connectivity index (χ2v) is 6.25. The van der Waals surface area contributed by atoms with Gasteiger partial charge >= 0.3 is 11.9 Å². The zero-order valence-corrected chi connectivity index (χ0v) is 13.1. The van der Waals surface area contributed by atoms with Gasteiger partial charge in [0.2, 0.25) is 0 Å². The molecule has 0 radical (unpaired) electrons. The van der Waals surface area contributed by atoms with Crippen molar-refractivity contribution in [1.29, 1.82) is 0 Å². The van der Waals surface area contributed by atoms with E-state index in [0.29, 0.717) is 11.8 Å². The molecule has 0 aromatic rings. The summed E-state index contributed by atoms with van der Waals surface area (Å²) in [5.41, 5.74) is 0.288. The van der Waals surface area contributed by atoms with Crippen molar-refractivity contribution in [2.75, 3.05) is 13.2 Å². The van der Waals surface area contributed by atoms with Crippen LogP contribution in [0.25, 0.3) is 0 Å². The molecule has 0 aliphatic heterocycles. The van der Waals surface area contributed by atoms with Gasteiger partial charge in [0.05, 0.1) is 13.2 Å². The van der Waals surface area contributed by atoms with E-state index in [2.05, 4.69) is 39.4 Å². The van der Waals surface area contributed by atoms with Gasteiger partial charge in [-0.1, -0.05) is 34.6 Å². The smallest absolute Gasteiger partial charge is 0.417 e. The van der Waals surface area contributed by atoms with Gasteiger partial charge in [0.1, 0.15) is 0 Å². The van der Waals surface area contributed by atoms with Crippen molar-refractivity contribution >= 4 is 11.9 Å². The molecule has 112 valence electrons. The predicted molar refractivity (Wildman–Crippen MR) is 74.6 cm³/mol. The Bertz CT molecular complexity index is 291. The molecule has 0 rings (SSSR count). The number of hydrogen-bond acceptors (Lipinski definition) is 4. The maximum Gasteiger partial charge on any atom is 0.417 e. The van der Waals surface area contributed by atoms with Gasteiger partial charge in [-0.2, -0.15) is 0 Å². The van der Waals surface area contributed by atoms with Crippen LogP contribution in [0.5, 0.6) is 0 Å². The fourth-order valence-corrected chi connectivity index (χ4v) is 1.68. The van der Waals surface area contributed by atoms with Crippen LogP contribution >= 0.6 is 0 Å². The molecule has 0 bridgehead atoms. The van der Waals surface area contributed by atoms with Crippen molar-refractivity contribution in [2.24, 2.45) is 17.3 Å². The maximum absolute atomic E-state index is 11.2. The first kappa shape index (κ1) is 17.9. The van der Waals surface area contributed by atoms with E-state index in [-0.39, 0.29) is 18.6 Å². The highest BCUT2D eigenvalue weighted by atomic mass is 16.6. The van der Waals surface area contributed by atoms with Crippen molar-refractivity contribution in [3.05, 3.63) is 0 Å². The molecule has 0 spiro atoms. The Hall–Kier alpha value is -1.06. The molecule has 0 aromatic carbocycles. The number of carbonyl (C=O) groups excluding carboxylic acids is 2. The van der Waals surface area contributed by atoms with Gasteiger partial charge < -0.3 is 9.47 Å². The van der Waals surface area contributed by atoms with Gasteiger partial charge in [0.15, 0.2) is 0 Å². The Kier molecular flexibility index (Phi) is 7.72. The van der Waals surface area contributed by atoms with Crippen LogP contribution in [0.15, 0.2) is 0 Å². The topological polar surface area (TPSA) is 52.6 Å². The normalized spacial score (nSPS) is 14.6. The van der Waals surface area contributed by atoms with Crippen molar-refractivity contribution in [2.45, 2.75) is 54.4 Å². The van der Waals surface area contributed by atoms with Gasteiger partial charge in [-0.15, -0.1) is 0 Å². The summed E-state index contributed by atoms with van der Waals surface area (Å²) in [6.07, 6.45) is 1.85. The van der Waals surface area contributed by atoms with E-state index in [0.717, 1.165) is 12.8 Å². The number of hydrogen-bond donors (Lipinski definition) is 0. The van der Waals surface area contributed by atoms with Gasteiger partial charge in [0.25, 0.3) is 0 Å². The minimum absolute atomic E-state index is 0.188. The molecule has 0 saturated heterocycles. The Morgan fingerprint density at radius 1 is 1.05 bits per heavy atom. The Labute approximate surface area is 116 Å². The molecule has 4 heteroatoms. The molecule has 19 heavy (non-hydrogen) atoms. The van der Waals surface area contributed by atoms with E-state index in [1.165, 1.54) is 0 Å². The van der Waals surface area contributed by atoms with Crippen LogP contribution in [0, 0.1) is 17.3 Å². The molecule has 0 aliphatic rings. The average molecular weight is 272 g/mol. The Morgan fingerprint density at radius 2 is 1.58 bits per heavy atom. The highest BCUT2D eigenvalue weighted by Crippen LogP contribution is 2.31. The van der Waals surface area contributed by atoms with E-state index in [9.17, 15) is 9.59 Å². The molecule has 0 heterocycles. The Morgan fingerprint density at radius 3 is 2.05 bits per heavy atom. The summed E-state index contributed by atoms with van der Waals surface area (Å²) in [4.78, 5) is 22.2. The minimum atomic E-state index is -0.904. The summed E-state index contributed by atoms with van der Waals surface area (Å²) in [6, 6.07) is 0. The quantitative estimate of drug-likeness (QED) is 0.550. The summed E-state index contributed by atoms with van der Waals surface area (Å²) >= 11 is 0. The number of esters is 2. The van der Waals surface area contributed by atoms with E-state index in [1.54, 1.807) is 6.92 Å². The molecule has 0 aliphatic carbocycles. The number of rotatable bonds is 6. The third kappa shape index (κ3) is 7.85. The van der Waals surface area contributed by atoms with Gasteiger partial charge in [-0.3, -0.25) is 0 Å². The predicted octanol–water partition coefficient (Wildman–Crippen LogP) is 3.19. The molecular weight excluding hydrogens is 244 g/mol. The first-order valence-corrected chi connectivity index (χ1v) is 7.02. The molecule has 0 saturated carbocycles.